The molecule has 1 N–H and O–H groups in total. The van der Waals surface area contributed by atoms with E-state index in [4.69, 9.17) is 4.74 Å². The molecule has 20 heavy (non-hydrogen) atoms. The Morgan fingerprint density at radius 3 is 2.65 bits per heavy atom. The van der Waals surface area contributed by atoms with Crippen molar-refractivity contribution < 1.29 is 4.74 Å². The third-order valence-electron chi connectivity index (χ3n) is 3.04. The van der Waals surface area contributed by atoms with E-state index in [0.29, 0.717) is 6.61 Å². The average molecular weight is 272 g/mol. The van der Waals surface area contributed by atoms with Gasteiger partial charge in [-0.3, -0.25) is 0 Å². The normalized spacial score (nSPS) is 11.8. The minimum absolute atomic E-state index is 0.0921. The molecular formula is C17H24N2O. The van der Waals surface area contributed by atoms with Gasteiger partial charge in [-0.25, -0.2) is 4.98 Å². The van der Waals surface area contributed by atoms with Gasteiger partial charge in [-0.2, -0.15) is 0 Å². The van der Waals surface area contributed by atoms with Crippen LogP contribution in [0.4, 0.5) is 0 Å². The molecule has 0 amide bonds. The van der Waals surface area contributed by atoms with E-state index in [0.717, 1.165) is 24.4 Å². The molecule has 0 aliphatic rings. The summed E-state index contributed by atoms with van der Waals surface area (Å²) >= 11 is 0. The molecule has 0 bridgehead atoms. The lowest BCUT2D eigenvalue weighted by atomic mass is 10.1. The standard InChI is InChI=1S/C17H24N2O/c1-5-10-20-16-11-13(12-18-17(2,3)4)14-8-6-7-9-15(14)19-16/h6-9,11,18H,5,10,12H2,1-4H3. The predicted octanol–water partition coefficient (Wildman–Crippen LogP) is 3.91. The maximum Gasteiger partial charge on any atom is 0.214 e. The van der Waals surface area contributed by atoms with Crippen LogP contribution in [0.5, 0.6) is 5.88 Å². The number of ether oxygens (including phenoxy) is 1. The summed E-state index contributed by atoms with van der Waals surface area (Å²) in [6, 6.07) is 10.3. The van der Waals surface area contributed by atoms with Crippen LogP contribution in [0.15, 0.2) is 30.3 Å². The minimum Gasteiger partial charge on any atom is -0.478 e. The van der Waals surface area contributed by atoms with Crippen LogP contribution in [0.25, 0.3) is 10.9 Å². The highest BCUT2D eigenvalue weighted by atomic mass is 16.5. The Labute approximate surface area is 121 Å². The number of benzene rings is 1. The van der Waals surface area contributed by atoms with Gasteiger partial charge in [0.25, 0.3) is 0 Å². The molecule has 0 saturated heterocycles. The first-order valence-electron chi connectivity index (χ1n) is 7.26. The Morgan fingerprint density at radius 2 is 1.95 bits per heavy atom. The zero-order chi connectivity index (χ0) is 14.6. The molecule has 1 heterocycles. The molecule has 2 aromatic rings. The van der Waals surface area contributed by atoms with E-state index < -0.39 is 0 Å². The van der Waals surface area contributed by atoms with Gasteiger partial charge in [0.2, 0.25) is 5.88 Å². The summed E-state index contributed by atoms with van der Waals surface area (Å²) in [6.07, 6.45) is 0.990. The Hall–Kier alpha value is -1.61. The predicted molar refractivity (Wildman–Crippen MR) is 84.1 cm³/mol. The van der Waals surface area contributed by atoms with Gasteiger partial charge in [0.15, 0.2) is 0 Å². The van der Waals surface area contributed by atoms with Gasteiger partial charge >= 0.3 is 0 Å². The molecular weight excluding hydrogens is 248 g/mol. The van der Waals surface area contributed by atoms with Gasteiger partial charge in [0.05, 0.1) is 12.1 Å². The van der Waals surface area contributed by atoms with Gasteiger partial charge in [-0.05, 0) is 38.8 Å². The van der Waals surface area contributed by atoms with Crippen LogP contribution in [0.2, 0.25) is 0 Å². The number of hydrogen-bond donors (Lipinski definition) is 1. The van der Waals surface area contributed by atoms with Crippen molar-refractivity contribution in [1.82, 2.24) is 10.3 Å². The monoisotopic (exact) mass is 272 g/mol. The first kappa shape index (κ1) is 14.8. The SMILES string of the molecule is CCCOc1cc(CNC(C)(C)C)c2ccccc2n1. The maximum atomic E-state index is 5.70. The molecule has 0 aliphatic carbocycles. The number of rotatable bonds is 5. The molecule has 2 rings (SSSR count). The van der Waals surface area contributed by atoms with Crippen LogP contribution in [0.1, 0.15) is 39.7 Å². The van der Waals surface area contributed by atoms with Crippen molar-refractivity contribution >= 4 is 10.9 Å². The summed E-state index contributed by atoms with van der Waals surface area (Å²) in [7, 11) is 0. The molecule has 108 valence electrons. The number of aromatic nitrogens is 1. The lowest BCUT2D eigenvalue weighted by Gasteiger charge is -2.21. The third-order valence-corrected chi connectivity index (χ3v) is 3.04. The number of para-hydroxylation sites is 1. The fourth-order valence-electron chi connectivity index (χ4n) is 2.01. The van der Waals surface area contributed by atoms with E-state index in [-0.39, 0.29) is 5.54 Å². The summed E-state index contributed by atoms with van der Waals surface area (Å²) in [5, 5.41) is 4.72. The van der Waals surface area contributed by atoms with Crippen molar-refractivity contribution in [3.05, 3.63) is 35.9 Å². The zero-order valence-corrected chi connectivity index (χ0v) is 12.9. The number of nitrogens with zero attached hydrogens (tertiary/aromatic N) is 1. The van der Waals surface area contributed by atoms with Gasteiger partial charge in [-0.1, -0.05) is 25.1 Å². The van der Waals surface area contributed by atoms with Crippen molar-refractivity contribution in [1.29, 1.82) is 0 Å². The van der Waals surface area contributed by atoms with Crippen molar-refractivity contribution in [2.45, 2.75) is 46.2 Å². The molecule has 1 aromatic carbocycles. The smallest absolute Gasteiger partial charge is 0.214 e. The van der Waals surface area contributed by atoms with Crippen molar-refractivity contribution in [3.63, 3.8) is 0 Å². The lowest BCUT2D eigenvalue weighted by molar-refractivity contribution is 0.306. The Balaban J connectivity index is 2.33. The summed E-state index contributed by atoms with van der Waals surface area (Å²) in [4.78, 5) is 4.57. The highest BCUT2D eigenvalue weighted by Crippen LogP contribution is 2.22. The van der Waals surface area contributed by atoms with E-state index in [1.165, 1.54) is 10.9 Å². The quantitative estimate of drug-likeness (QED) is 0.896. The molecule has 0 saturated carbocycles. The Morgan fingerprint density at radius 1 is 1.20 bits per heavy atom. The molecule has 0 fully saturated rings. The molecule has 3 nitrogen and oxygen atoms in total. The topological polar surface area (TPSA) is 34.1 Å². The van der Waals surface area contributed by atoms with Crippen LogP contribution < -0.4 is 10.1 Å². The summed E-state index contributed by atoms with van der Waals surface area (Å²) < 4.78 is 5.70. The van der Waals surface area contributed by atoms with Crippen LogP contribution in [0.3, 0.4) is 0 Å². The number of nitrogens with one attached hydrogen (secondary N) is 1. The van der Waals surface area contributed by atoms with Gasteiger partial charge in [0.1, 0.15) is 0 Å². The van der Waals surface area contributed by atoms with Crippen LogP contribution >= 0.6 is 0 Å². The number of hydrogen-bond acceptors (Lipinski definition) is 3. The van der Waals surface area contributed by atoms with Gasteiger partial charge < -0.3 is 10.1 Å². The number of pyridine rings is 1. The van der Waals surface area contributed by atoms with Gasteiger partial charge in [-0.15, -0.1) is 0 Å². The first-order valence-corrected chi connectivity index (χ1v) is 7.26. The zero-order valence-electron chi connectivity index (χ0n) is 12.9. The number of fused-ring (bicyclic) bond motifs is 1. The van der Waals surface area contributed by atoms with Crippen molar-refractivity contribution in [2.75, 3.05) is 6.61 Å². The largest absolute Gasteiger partial charge is 0.478 e. The first-order chi connectivity index (χ1) is 9.49. The average Bonchev–Trinajstić information content (AvgIpc) is 2.41. The van der Waals surface area contributed by atoms with Crippen LogP contribution in [-0.4, -0.2) is 17.1 Å². The van der Waals surface area contributed by atoms with E-state index >= 15 is 0 Å². The van der Waals surface area contributed by atoms with E-state index in [9.17, 15) is 0 Å². The molecule has 0 unspecified atom stereocenters. The third kappa shape index (κ3) is 3.94. The second-order valence-electron chi connectivity index (χ2n) is 6.09. The molecule has 3 heteroatoms. The molecule has 1 aromatic heterocycles. The minimum atomic E-state index is 0.0921. The fourth-order valence-corrected chi connectivity index (χ4v) is 2.01. The van der Waals surface area contributed by atoms with E-state index in [1.54, 1.807) is 0 Å². The van der Waals surface area contributed by atoms with Crippen molar-refractivity contribution in [2.24, 2.45) is 0 Å². The van der Waals surface area contributed by atoms with Crippen LogP contribution in [0, 0.1) is 0 Å². The molecule has 0 atom stereocenters. The maximum absolute atomic E-state index is 5.70. The van der Waals surface area contributed by atoms with Gasteiger partial charge in [0, 0.05) is 23.5 Å². The van der Waals surface area contributed by atoms with E-state index in [1.807, 2.05) is 12.1 Å². The van der Waals surface area contributed by atoms with Crippen LogP contribution in [-0.2, 0) is 6.54 Å². The molecule has 0 spiro atoms. The van der Waals surface area contributed by atoms with Crippen molar-refractivity contribution in [3.8, 4) is 5.88 Å². The molecule has 0 radical (unpaired) electrons. The Bertz CT molecular complexity index is 573. The fraction of sp³-hybridized carbons (Fsp3) is 0.471. The highest BCUT2D eigenvalue weighted by Gasteiger charge is 2.11. The summed E-state index contributed by atoms with van der Waals surface area (Å²) in [5.74, 6) is 0.719. The summed E-state index contributed by atoms with van der Waals surface area (Å²) in [5.41, 5.74) is 2.32. The second kappa shape index (κ2) is 6.23. The second-order valence-corrected chi connectivity index (χ2v) is 6.09. The summed E-state index contributed by atoms with van der Waals surface area (Å²) in [6.45, 7) is 10.1. The Kier molecular flexibility index (Phi) is 4.61. The molecule has 0 aliphatic heterocycles. The van der Waals surface area contributed by atoms with E-state index in [2.05, 4.69) is 56.2 Å². The highest BCUT2D eigenvalue weighted by molar-refractivity contribution is 5.82. The lowest BCUT2D eigenvalue weighted by Crippen LogP contribution is -2.35.